The lowest BCUT2D eigenvalue weighted by Crippen LogP contribution is -2.23. The second-order valence-electron chi connectivity index (χ2n) is 8.43. The topological polar surface area (TPSA) is 67.9 Å². The van der Waals surface area contributed by atoms with Crippen molar-refractivity contribution >= 4 is 38.6 Å². The summed E-state index contributed by atoms with van der Waals surface area (Å²) in [4.78, 5) is 1.90. The molecule has 0 bridgehead atoms. The van der Waals surface area contributed by atoms with Gasteiger partial charge >= 0.3 is 12.5 Å². The smallest absolute Gasteiger partial charge is 0.488 e. The van der Waals surface area contributed by atoms with Crippen molar-refractivity contribution in [2.45, 2.75) is 29.3 Å². The Hall–Kier alpha value is -2.68. The van der Waals surface area contributed by atoms with E-state index in [0.717, 1.165) is 30.3 Å². The molecule has 38 heavy (non-hydrogen) atoms. The molecule has 1 N–H and O–H groups in total. The molecule has 4 rings (SSSR count). The zero-order valence-corrected chi connectivity index (χ0v) is 21.7. The van der Waals surface area contributed by atoms with Crippen LogP contribution < -0.4 is 14.2 Å². The van der Waals surface area contributed by atoms with E-state index in [1.165, 1.54) is 18.2 Å². The maximum Gasteiger partial charge on any atom is 0.573 e. The van der Waals surface area contributed by atoms with Crippen molar-refractivity contribution in [3.8, 4) is 22.6 Å². The summed E-state index contributed by atoms with van der Waals surface area (Å²) in [6, 6.07) is 8.45. The molecule has 0 radical (unpaired) electrons. The molecule has 206 valence electrons. The van der Waals surface area contributed by atoms with Crippen molar-refractivity contribution in [2.75, 3.05) is 24.9 Å². The van der Waals surface area contributed by atoms with Crippen LogP contribution in [0.15, 0.2) is 52.7 Å². The fourth-order valence-corrected chi connectivity index (χ4v) is 6.82. The Morgan fingerprint density at radius 3 is 2.32 bits per heavy atom. The van der Waals surface area contributed by atoms with E-state index in [0.29, 0.717) is 30.8 Å². The van der Waals surface area contributed by atoms with E-state index in [1.54, 1.807) is 7.05 Å². The standard InChI is InChI=1S/C23H19ClF6N2O4S2/c1-32-9-8-16(12-32)35-19-10-14(4-7-18(19)22(25,26)27)31-38(33,34)21-17(11-20(24)37-21)13-2-5-15(6-3-13)36-23(28,29)30/h2-7,10-11,16,31H,8-9,12H2,1H3/t16-/m1/s1. The van der Waals surface area contributed by atoms with Gasteiger partial charge in [-0.1, -0.05) is 23.7 Å². The van der Waals surface area contributed by atoms with Gasteiger partial charge < -0.3 is 14.4 Å². The van der Waals surface area contributed by atoms with Gasteiger partial charge in [0.25, 0.3) is 10.0 Å². The number of halogens is 7. The van der Waals surface area contributed by atoms with E-state index < -0.39 is 45.7 Å². The third-order valence-corrected chi connectivity index (χ3v) is 8.67. The number of alkyl halides is 6. The van der Waals surface area contributed by atoms with Gasteiger partial charge in [-0.25, -0.2) is 8.42 Å². The Morgan fingerprint density at radius 1 is 1.05 bits per heavy atom. The van der Waals surface area contributed by atoms with Crippen LogP contribution in [0, 0.1) is 0 Å². The summed E-state index contributed by atoms with van der Waals surface area (Å²) in [5, 5.41) is 0. The lowest BCUT2D eigenvalue weighted by Gasteiger charge is -2.19. The molecule has 1 aliphatic rings. The second-order valence-corrected chi connectivity index (χ2v) is 12.0. The molecule has 15 heteroatoms. The van der Waals surface area contributed by atoms with Gasteiger partial charge in [-0.3, -0.25) is 4.72 Å². The number of likely N-dealkylation sites (N-methyl/N-ethyl adjacent to an activating group) is 1. The average Bonchev–Trinajstić information content (AvgIpc) is 3.38. The van der Waals surface area contributed by atoms with Crippen molar-refractivity contribution in [1.29, 1.82) is 0 Å². The molecule has 0 unspecified atom stereocenters. The highest BCUT2D eigenvalue weighted by molar-refractivity contribution is 7.94. The Morgan fingerprint density at radius 2 is 1.74 bits per heavy atom. The van der Waals surface area contributed by atoms with Crippen molar-refractivity contribution in [2.24, 2.45) is 0 Å². The van der Waals surface area contributed by atoms with Crippen LogP contribution in [0.25, 0.3) is 11.1 Å². The molecule has 1 aliphatic heterocycles. The Labute approximate surface area is 222 Å². The second kappa shape index (κ2) is 10.5. The highest BCUT2D eigenvalue weighted by Gasteiger charge is 2.36. The molecule has 6 nitrogen and oxygen atoms in total. The highest BCUT2D eigenvalue weighted by atomic mass is 35.5. The van der Waals surface area contributed by atoms with Crippen LogP contribution in [0.5, 0.6) is 11.5 Å². The molecule has 1 fully saturated rings. The van der Waals surface area contributed by atoms with Gasteiger partial charge in [-0.2, -0.15) is 13.2 Å². The molecule has 0 amide bonds. The number of likely N-dealkylation sites (tertiary alicyclic amines) is 1. The molecule has 1 saturated heterocycles. The van der Waals surface area contributed by atoms with E-state index in [4.69, 9.17) is 16.3 Å². The molecule has 0 aliphatic carbocycles. The molecule has 3 aromatic rings. The van der Waals surface area contributed by atoms with Crippen LogP contribution in [0.3, 0.4) is 0 Å². The van der Waals surface area contributed by atoms with E-state index in [-0.39, 0.29) is 25.4 Å². The van der Waals surface area contributed by atoms with E-state index >= 15 is 0 Å². The molecular weight excluding hydrogens is 582 g/mol. The van der Waals surface area contributed by atoms with Gasteiger partial charge in [0.15, 0.2) is 0 Å². The minimum Gasteiger partial charge on any atom is -0.488 e. The minimum atomic E-state index is -4.90. The monoisotopic (exact) mass is 600 g/mol. The van der Waals surface area contributed by atoms with Crippen molar-refractivity contribution < 1.29 is 44.2 Å². The lowest BCUT2D eigenvalue weighted by atomic mass is 10.1. The van der Waals surface area contributed by atoms with Crippen LogP contribution in [-0.4, -0.2) is 45.9 Å². The summed E-state index contributed by atoms with van der Waals surface area (Å²) in [5.41, 5.74) is -0.909. The summed E-state index contributed by atoms with van der Waals surface area (Å²) >= 11 is 6.72. The number of nitrogens with one attached hydrogen (secondary N) is 1. The summed E-state index contributed by atoms with van der Waals surface area (Å²) in [7, 11) is -2.58. The zero-order valence-electron chi connectivity index (χ0n) is 19.4. The quantitative estimate of drug-likeness (QED) is 0.300. The Bertz CT molecular complexity index is 1410. The number of rotatable bonds is 7. The molecule has 0 spiro atoms. The SMILES string of the molecule is CN1CC[C@@H](Oc2cc(NS(=O)(=O)c3sc(Cl)cc3-c3ccc(OC(F)(F)F)cc3)ccc2C(F)(F)F)C1. The molecule has 0 saturated carbocycles. The van der Waals surface area contributed by atoms with Crippen molar-refractivity contribution in [3.63, 3.8) is 0 Å². The third kappa shape index (κ3) is 6.84. The van der Waals surface area contributed by atoms with Crippen molar-refractivity contribution in [1.82, 2.24) is 4.90 Å². The average molecular weight is 601 g/mol. The van der Waals surface area contributed by atoms with Crippen LogP contribution in [0.4, 0.5) is 32.0 Å². The number of nitrogens with zero attached hydrogens (tertiary/aromatic N) is 1. The maximum absolute atomic E-state index is 13.6. The summed E-state index contributed by atoms with van der Waals surface area (Å²) in [6.45, 7) is 1.06. The summed E-state index contributed by atoms with van der Waals surface area (Å²) in [5.74, 6) is -1.02. The van der Waals surface area contributed by atoms with Crippen LogP contribution >= 0.6 is 22.9 Å². The number of ether oxygens (including phenoxy) is 2. The lowest BCUT2D eigenvalue weighted by molar-refractivity contribution is -0.274. The number of hydrogen-bond donors (Lipinski definition) is 1. The van der Waals surface area contributed by atoms with Crippen LogP contribution in [-0.2, 0) is 16.2 Å². The number of hydrogen-bond acceptors (Lipinski definition) is 6. The largest absolute Gasteiger partial charge is 0.573 e. The van der Waals surface area contributed by atoms with Crippen molar-refractivity contribution in [3.05, 3.63) is 58.4 Å². The van der Waals surface area contributed by atoms with Gasteiger partial charge in [0.05, 0.1) is 15.6 Å². The first-order valence-corrected chi connectivity index (χ1v) is 13.5. The zero-order chi connectivity index (χ0) is 27.9. The molecule has 1 atom stereocenters. The first kappa shape index (κ1) is 28.3. The van der Waals surface area contributed by atoms with Gasteiger partial charge in [0.1, 0.15) is 21.8 Å². The number of thiophene rings is 1. The molecule has 2 aromatic carbocycles. The predicted octanol–water partition coefficient (Wildman–Crippen LogP) is 6.87. The normalized spacial score (nSPS) is 17.0. The summed E-state index contributed by atoms with van der Waals surface area (Å²) in [6.07, 6.45) is -9.62. The first-order valence-electron chi connectivity index (χ1n) is 10.9. The number of sulfonamides is 1. The first-order chi connectivity index (χ1) is 17.6. The molecular formula is C23H19ClF6N2O4S2. The highest BCUT2D eigenvalue weighted by Crippen LogP contribution is 2.41. The van der Waals surface area contributed by atoms with E-state index in [1.807, 2.05) is 4.90 Å². The van der Waals surface area contributed by atoms with Crippen LogP contribution in [0.1, 0.15) is 12.0 Å². The fourth-order valence-electron chi connectivity index (χ4n) is 3.87. The molecule has 2 heterocycles. The van der Waals surface area contributed by atoms with Gasteiger partial charge in [-0.15, -0.1) is 24.5 Å². The minimum absolute atomic E-state index is 0.0674. The number of benzene rings is 2. The van der Waals surface area contributed by atoms with Gasteiger partial charge in [0, 0.05) is 24.7 Å². The van der Waals surface area contributed by atoms with Crippen LogP contribution in [0.2, 0.25) is 4.34 Å². The summed E-state index contributed by atoms with van der Waals surface area (Å²) < 4.78 is 116. The number of anilines is 1. The van der Waals surface area contributed by atoms with E-state index in [2.05, 4.69) is 9.46 Å². The third-order valence-electron chi connectivity index (χ3n) is 5.49. The fraction of sp³-hybridized carbons (Fsp3) is 0.304. The van der Waals surface area contributed by atoms with E-state index in [9.17, 15) is 34.8 Å². The van der Waals surface area contributed by atoms with Gasteiger partial charge in [0.2, 0.25) is 0 Å². The van der Waals surface area contributed by atoms with Gasteiger partial charge in [-0.05, 0) is 49.4 Å². The maximum atomic E-state index is 13.6. The molecule has 1 aromatic heterocycles. The Kier molecular flexibility index (Phi) is 7.81. The predicted molar refractivity (Wildman–Crippen MR) is 130 cm³/mol. The Balaban J connectivity index is 1.63.